The lowest BCUT2D eigenvalue weighted by atomic mass is 10.3. The zero-order chi connectivity index (χ0) is 13.3. The monoisotopic (exact) mass is 305 g/mol. The zero-order valence-corrected chi connectivity index (χ0v) is 11.2. The summed E-state index contributed by atoms with van der Waals surface area (Å²) >= 11 is 13.2. The molecule has 2 aromatic carbocycles. The fourth-order valence-corrected chi connectivity index (χ4v) is 2.92. The minimum atomic E-state index is -0.914. The molecule has 2 N–H and O–H groups in total. The van der Waals surface area contributed by atoms with Gasteiger partial charge in [-0.05, 0) is 30.3 Å². The molecule has 2 aromatic rings. The van der Waals surface area contributed by atoms with Gasteiger partial charge in [-0.25, -0.2) is 8.78 Å². The first-order valence-electron chi connectivity index (χ1n) is 4.85. The molecule has 0 aromatic heterocycles. The van der Waals surface area contributed by atoms with Crippen molar-refractivity contribution in [2.75, 3.05) is 5.73 Å². The average molecular weight is 306 g/mol. The van der Waals surface area contributed by atoms with Gasteiger partial charge in [0.15, 0.2) is 11.6 Å². The normalized spacial score (nSPS) is 10.7. The Morgan fingerprint density at radius 3 is 2.11 bits per heavy atom. The van der Waals surface area contributed by atoms with Crippen LogP contribution in [0.2, 0.25) is 10.0 Å². The van der Waals surface area contributed by atoms with Crippen LogP contribution in [0.3, 0.4) is 0 Å². The molecule has 0 aliphatic carbocycles. The Bertz CT molecular complexity index is 582. The molecule has 6 heteroatoms. The first kappa shape index (κ1) is 13.5. The SMILES string of the molecule is Nc1cc(Cl)c(Sc2ccc(F)c(F)c2)c(Cl)c1. The molecule has 0 aliphatic rings. The van der Waals surface area contributed by atoms with E-state index in [1.165, 1.54) is 6.07 Å². The number of nitrogens with two attached hydrogens (primary N) is 1. The number of nitrogen functional groups attached to an aromatic ring is 1. The van der Waals surface area contributed by atoms with Gasteiger partial charge in [-0.1, -0.05) is 35.0 Å². The highest BCUT2D eigenvalue weighted by molar-refractivity contribution is 7.99. The molecular weight excluding hydrogens is 299 g/mol. The number of benzene rings is 2. The van der Waals surface area contributed by atoms with Gasteiger partial charge in [0.1, 0.15) is 0 Å². The van der Waals surface area contributed by atoms with E-state index in [1.54, 1.807) is 12.1 Å². The van der Waals surface area contributed by atoms with Crippen molar-refractivity contribution in [2.45, 2.75) is 9.79 Å². The number of anilines is 1. The number of rotatable bonds is 2. The molecule has 0 atom stereocenters. The van der Waals surface area contributed by atoms with Gasteiger partial charge in [-0.2, -0.15) is 0 Å². The summed E-state index contributed by atoms with van der Waals surface area (Å²) in [5.74, 6) is -1.81. The quantitative estimate of drug-likeness (QED) is 0.790. The van der Waals surface area contributed by atoms with Gasteiger partial charge in [0.2, 0.25) is 0 Å². The van der Waals surface area contributed by atoms with Gasteiger partial charge in [0, 0.05) is 15.5 Å². The maximum atomic E-state index is 13.1. The van der Waals surface area contributed by atoms with E-state index in [-0.39, 0.29) is 0 Å². The molecule has 0 saturated carbocycles. The summed E-state index contributed by atoms with van der Waals surface area (Å²) in [5, 5.41) is 0.740. The molecule has 1 nitrogen and oxygen atoms in total. The van der Waals surface area contributed by atoms with Crippen LogP contribution in [0.5, 0.6) is 0 Å². The third-order valence-electron chi connectivity index (χ3n) is 2.13. The average Bonchev–Trinajstić information content (AvgIpc) is 2.28. The van der Waals surface area contributed by atoms with Crippen molar-refractivity contribution >= 4 is 40.7 Å². The van der Waals surface area contributed by atoms with Gasteiger partial charge in [0.25, 0.3) is 0 Å². The fourth-order valence-electron chi connectivity index (χ4n) is 1.34. The van der Waals surface area contributed by atoms with Crippen molar-refractivity contribution in [1.82, 2.24) is 0 Å². The molecule has 2 rings (SSSR count). The first-order valence-corrected chi connectivity index (χ1v) is 6.42. The molecule has 0 bridgehead atoms. The lowest BCUT2D eigenvalue weighted by Crippen LogP contribution is -1.88. The largest absolute Gasteiger partial charge is 0.399 e. The van der Waals surface area contributed by atoms with Crippen LogP contribution < -0.4 is 5.73 Å². The highest BCUT2D eigenvalue weighted by atomic mass is 35.5. The second-order valence-electron chi connectivity index (χ2n) is 3.49. The Morgan fingerprint density at radius 1 is 0.944 bits per heavy atom. The van der Waals surface area contributed by atoms with Crippen LogP contribution in [-0.2, 0) is 0 Å². The minimum absolute atomic E-state index is 0.370. The highest BCUT2D eigenvalue weighted by Gasteiger charge is 2.11. The van der Waals surface area contributed by atoms with E-state index in [9.17, 15) is 8.78 Å². The Morgan fingerprint density at radius 2 is 1.56 bits per heavy atom. The summed E-state index contributed by atoms with van der Waals surface area (Å²) in [5.41, 5.74) is 6.02. The van der Waals surface area contributed by atoms with Crippen LogP contribution in [0, 0.1) is 11.6 Å². The van der Waals surface area contributed by atoms with Gasteiger partial charge in [-0.15, -0.1) is 0 Å². The van der Waals surface area contributed by atoms with Gasteiger partial charge < -0.3 is 5.73 Å². The molecule has 18 heavy (non-hydrogen) atoms. The summed E-state index contributed by atoms with van der Waals surface area (Å²) in [6.07, 6.45) is 0. The Kier molecular flexibility index (Phi) is 4.00. The van der Waals surface area contributed by atoms with E-state index in [2.05, 4.69) is 0 Å². The summed E-state index contributed by atoms with van der Waals surface area (Å²) in [6.45, 7) is 0. The molecule has 0 unspecified atom stereocenters. The zero-order valence-electron chi connectivity index (χ0n) is 8.88. The van der Waals surface area contributed by atoms with E-state index < -0.39 is 11.6 Å². The Balaban J connectivity index is 2.37. The van der Waals surface area contributed by atoms with Gasteiger partial charge >= 0.3 is 0 Å². The topological polar surface area (TPSA) is 26.0 Å². The molecule has 0 amide bonds. The second-order valence-corrected chi connectivity index (χ2v) is 5.39. The molecule has 0 spiro atoms. The summed E-state index contributed by atoms with van der Waals surface area (Å²) in [7, 11) is 0. The van der Waals surface area contributed by atoms with Crippen LogP contribution in [-0.4, -0.2) is 0 Å². The second kappa shape index (κ2) is 5.34. The van der Waals surface area contributed by atoms with Crippen molar-refractivity contribution in [1.29, 1.82) is 0 Å². The summed E-state index contributed by atoms with van der Waals surface area (Å²) in [6, 6.07) is 6.69. The summed E-state index contributed by atoms with van der Waals surface area (Å²) < 4.78 is 25.9. The van der Waals surface area contributed by atoms with Gasteiger partial charge in [0.05, 0.1) is 10.0 Å². The van der Waals surface area contributed by atoms with Crippen LogP contribution >= 0.6 is 35.0 Å². The van der Waals surface area contributed by atoms with Crippen LogP contribution in [0.1, 0.15) is 0 Å². The van der Waals surface area contributed by atoms with E-state index >= 15 is 0 Å². The number of halogens is 4. The third kappa shape index (κ3) is 2.88. The first-order chi connectivity index (χ1) is 8.47. The van der Waals surface area contributed by atoms with Crippen molar-refractivity contribution in [2.24, 2.45) is 0 Å². The molecular formula is C12H7Cl2F2NS. The molecule has 0 radical (unpaired) electrons. The lowest BCUT2D eigenvalue weighted by Gasteiger charge is -2.08. The highest BCUT2D eigenvalue weighted by Crippen LogP contribution is 2.40. The van der Waals surface area contributed by atoms with Crippen LogP contribution in [0.25, 0.3) is 0 Å². The Hall–Kier alpha value is -0.970. The predicted octanol–water partition coefficient (Wildman–Crippen LogP) is 5.01. The molecule has 94 valence electrons. The van der Waals surface area contributed by atoms with E-state index in [4.69, 9.17) is 28.9 Å². The number of hydrogen-bond acceptors (Lipinski definition) is 2. The summed E-state index contributed by atoms with van der Waals surface area (Å²) in [4.78, 5) is 1.06. The third-order valence-corrected chi connectivity index (χ3v) is 4.09. The lowest BCUT2D eigenvalue weighted by molar-refractivity contribution is 0.506. The van der Waals surface area contributed by atoms with Gasteiger partial charge in [-0.3, -0.25) is 0 Å². The maximum absolute atomic E-state index is 13.1. The van der Waals surface area contributed by atoms with Crippen LogP contribution in [0.15, 0.2) is 40.1 Å². The van der Waals surface area contributed by atoms with Crippen molar-refractivity contribution < 1.29 is 8.78 Å². The Labute approximate surface area is 117 Å². The maximum Gasteiger partial charge on any atom is 0.159 e. The molecule has 0 saturated heterocycles. The fraction of sp³-hybridized carbons (Fsp3) is 0. The predicted molar refractivity (Wildman–Crippen MR) is 71.4 cm³/mol. The minimum Gasteiger partial charge on any atom is -0.399 e. The van der Waals surface area contributed by atoms with Crippen molar-refractivity contribution in [3.63, 3.8) is 0 Å². The molecule has 0 heterocycles. The molecule has 0 aliphatic heterocycles. The standard InChI is InChI=1S/C12H7Cl2F2NS/c13-8-3-6(17)4-9(14)12(8)18-7-1-2-10(15)11(16)5-7/h1-5H,17H2. The van der Waals surface area contributed by atoms with E-state index in [1.807, 2.05) is 0 Å². The molecule has 0 fully saturated rings. The van der Waals surface area contributed by atoms with Crippen molar-refractivity contribution in [3.8, 4) is 0 Å². The smallest absolute Gasteiger partial charge is 0.159 e. The number of hydrogen-bond donors (Lipinski definition) is 1. The van der Waals surface area contributed by atoms with E-state index in [0.717, 1.165) is 23.9 Å². The van der Waals surface area contributed by atoms with Crippen LogP contribution in [0.4, 0.5) is 14.5 Å². The van der Waals surface area contributed by atoms with E-state index in [0.29, 0.717) is 25.5 Å². The van der Waals surface area contributed by atoms with Crippen molar-refractivity contribution in [3.05, 3.63) is 52.0 Å².